The Morgan fingerprint density at radius 3 is 2.89 bits per heavy atom. The second kappa shape index (κ2) is 7.55. The smallest absolute Gasteiger partial charge is 0.225 e. The molecule has 2 heterocycles. The Balaban J connectivity index is 1.67. The van der Waals surface area contributed by atoms with Crippen LogP contribution in [0.2, 0.25) is 0 Å². The fraction of sp³-hybridized carbons (Fsp3) is 0.391. The van der Waals surface area contributed by atoms with Gasteiger partial charge in [0.15, 0.2) is 0 Å². The van der Waals surface area contributed by atoms with Crippen molar-refractivity contribution in [3.05, 3.63) is 54.4 Å². The van der Waals surface area contributed by atoms with Crippen molar-refractivity contribution in [3.63, 3.8) is 0 Å². The van der Waals surface area contributed by atoms with Gasteiger partial charge in [0, 0.05) is 36.2 Å². The van der Waals surface area contributed by atoms with Gasteiger partial charge in [0.2, 0.25) is 5.91 Å². The summed E-state index contributed by atoms with van der Waals surface area (Å²) in [7, 11) is 0. The maximum Gasteiger partial charge on any atom is 0.225 e. The molecule has 27 heavy (non-hydrogen) atoms. The van der Waals surface area contributed by atoms with Crippen LogP contribution in [0.15, 0.2) is 48.7 Å². The van der Waals surface area contributed by atoms with Gasteiger partial charge in [0.25, 0.3) is 0 Å². The van der Waals surface area contributed by atoms with Gasteiger partial charge in [-0.2, -0.15) is 5.10 Å². The number of piperidine rings is 1. The van der Waals surface area contributed by atoms with Gasteiger partial charge in [-0.25, -0.2) is 0 Å². The zero-order valence-corrected chi connectivity index (χ0v) is 16.1. The molecule has 0 saturated carbocycles. The number of benzene rings is 2. The lowest BCUT2D eigenvalue weighted by atomic mass is 9.88. The van der Waals surface area contributed by atoms with Crippen molar-refractivity contribution in [2.24, 2.45) is 5.92 Å². The second-order valence-electron chi connectivity index (χ2n) is 7.66. The summed E-state index contributed by atoms with van der Waals surface area (Å²) in [5.74, 6) is 0.694. The molecule has 1 amide bonds. The van der Waals surface area contributed by atoms with E-state index in [0.717, 1.165) is 43.6 Å². The van der Waals surface area contributed by atoms with Crippen LogP contribution >= 0.6 is 0 Å². The van der Waals surface area contributed by atoms with Crippen molar-refractivity contribution in [2.75, 3.05) is 13.1 Å². The predicted molar refractivity (Wildman–Crippen MR) is 110 cm³/mol. The van der Waals surface area contributed by atoms with Crippen LogP contribution in [-0.4, -0.2) is 34.1 Å². The van der Waals surface area contributed by atoms with Crippen LogP contribution in [0, 0.1) is 5.92 Å². The van der Waals surface area contributed by atoms with Crippen molar-refractivity contribution >= 4 is 16.7 Å². The number of carbonyl (C=O) groups excluding carboxylic acids is 1. The highest BCUT2D eigenvalue weighted by Gasteiger charge is 2.29. The maximum atomic E-state index is 12.7. The minimum Gasteiger partial charge on any atom is -0.342 e. The van der Waals surface area contributed by atoms with Crippen LogP contribution in [-0.2, 0) is 4.79 Å². The zero-order chi connectivity index (χ0) is 18.8. The van der Waals surface area contributed by atoms with Gasteiger partial charge in [-0.1, -0.05) is 56.3 Å². The van der Waals surface area contributed by atoms with Gasteiger partial charge in [-0.15, -0.1) is 0 Å². The lowest BCUT2D eigenvalue weighted by Crippen LogP contribution is -2.41. The van der Waals surface area contributed by atoms with Crippen molar-refractivity contribution in [1.29, 1.82) is 0 Å². The molecule has 1 fully saturated rings. The highest BCUT2D eigenvalue weighted by Crippen LogP contribution is 2.36. The predicted octanol–water partition coefficient (Wildman–Crippen LogP) is 4.98. The fourth-order valence-corrected chi connectivity index (χ4v) is 4.18. The van der Waals surface area contributed by atoms with E-state index < -0.39 is 0 Å². The van der Waals surface area contributed by atoms with Gasteiger partial charge in [0.05, 0.1) is 6.20 Å². The summed E-state index contributed by atoms with van der Waals surface area (Å²) < 4.78 is 0. The fourth-order valence-electron chi connectivity index (χ4n) is 4.18. The molecule has 0 spiro atoms. The molecule has 0 radical (unpaired) electrons. The monoisotopic (exact) mass is 361 g/mol. The normalized spacial score (nSPS) is 18.6. The number of aromatic amines is 1. The van der Waals surface area contributed by atoms with E-state index in [1.807, 2.05) is 13.1 Å². The third kappa shape index (κ3) is 3.36. The van der Waals surface area contributed by atoms with E-state index in [1.54, 1.807) is 0 Å². The first kappa shape index (κ1) is 17.8. The summed E-state index contributed by atoms with van der Waals surface area (Å²) >= 11 is 0. The average Bonchev–Trinajstić information content (AvgIpc) is 3.22. The quantitative estimate of drug-likeness (QED) is 0.712. The maximum absolute atomic E-state index is 12.7. The molecule has 0 unspecified atom stereocenters. The lowest BCUT2D eigenvalue weighted by molar-refractivity contribution is -0.136. The summed E-state index contributed by atoms with van der Waals surface area (Å²) in [6, 6.07) is 14.9. The second-order valence-corrected chi connectivity index (χ2v) is 7.66. The van der Waals surface area contributed by atoms with Crippen molar-refractivity contribution in [2.45, 2.75) is 39.0 Å². The number of H-pyrrole nitrogens is 1. The number of hydrogen-bond acceptors (Lipinski definition) is 2. The van der Waals surface area contributed by atoms with E-state index in [4.69, 9.17) is 0 Å². The van der Waals surface area contributed by atoms with E-state index in [0.29, 0.717) is 5.92 Å². The molecule has 1 saturated heterocycles. The SMILES string of the molecule is CC[C@@H](C)C(=O)N1CCC[C@@H](c2[nH]ncc2-c2cccc3ccccc23)C1. The largest absolute Gasteiger partial charge is 0.342 e. The van der Waals surface area contributed by atoms with Crippen molar-refractivity contribution in [3.8, 4) is 11.1 Å². The van der Waals surface area contributed by atoms with E-state index in [-0.39, 0.29) is 11.8 Å². The van der Waals surface area contributed by atoms with E-state index in [2.05, 4.69) is 64.5 Å². The van der Waals surface area contributed by atoms with Crippen LogP contribution in [0.5, 0.6) is 0 Å². The summed E-state index contributed by atoms with van der Waals surface area (Å²) in [6.45, 7) is 5.77. The number of fused-ring (bicyclic) bond motifs is 1. The number of carbonyl (C=O) groups is 1. The van der Waals surface area contributed by atoms with Gasteiger partial charge in [-0.3, -0.25) is 9.89 Å². The van der Waals surface area contributed by atoms with Crippen LogP contribution < -0.4 is 0 Å². The molecule has 2 aromatic carbocycles. The summed E-state index contributed by atoms with van der Waals surface area (Å²) in [5.41, 5.74) is 3.53. The first-order valence-corrected chi connectivity index (χ1v) is 9.99. The molecular formula is C23H27N3O. The number of hydrogen-bond donors (Lipinski definition) is 1. The third-order valence-corrected chi connectivity index (χ3v) is 5.92. The number of nitrogens with zero attached hydrogens (tertiary/aromatic N) is 2. The Morgan fingerprint density at radius 1 is 1.22 bits per heavy atom. The molecule has 1 aromatic heterocycles. The Hall–Kier alpha value is -2.62. The molecule has 0 aliphatic carbocycles. The van der Waals surface area contributed by atoms with Crippen LogP contribution in [0.1, 0.15) is 44.7 Å². The van der Waals surface area contributed by atoms with Gasteiger partial charge < -0.3 is 4.90 Å². The molecule has 2 atom stereocenters. The first-order valence-electron chi connectivity index (χ1n) is 9.99. The van der Waals surface area contributed by atoms with Crippen molar-refractivity contribution in [1.82, 2.24) is 15.1 Å². The lowest BCUT2D eigenvalue weighted by Gasteiger charge is -2.34. The number of aromatic nitrogens is 2. The van der Waals surface area contributed by atoms with E-state index in [1.165, 1.54) is 16.3 Å². The first-order chi connectivity index (χ1) is 13.2. The number of amides is 1. The summed E-state index contributed by atoms with van der Waals surface area (Å²) in [6.07, 6.45) is 4.96. The van der Waals surface area contributed by atoms with Crippen LogP contribution in [0.4, 0.5) is 0 Å². The molecule has 1 N–H and O–H groups in total. The molecule has 4 nitrogen and oxygen atoms in total. The van der Waals surface area contributed by atoms with E-state index in [9.17, 15) is 4.79 Å². The zero-order valence-electron chi connectivity index (χ0n) is 16.1. The number of rotatable bonds is 4. The number of nitrogens with one attached hydrogen (secondary N) is 1. The summed E-state index contributed by atoms with van der Waals surface area (Å²) in [5, 5.41) is 10.1. The molecule has 1 aliphatic rings. The van der Waals surface area contributed by atoms with E-state index >= 15 is 0 Å². The molecular weight excluding hydrogens is 334 g/mol. The Bertz CT molecular complexity index is 940. The molecule has 1 aliphatic heterocycles. The van der Waals surface area contributed by atoms with Crippen LogP contribution in [0.3, 0.4) is 0 Å². The highest BCUT2D eigenvalue weighted by atomic mass is 16.2. The Morgan fingerprint density at radius 2 is 2.04 bits per heavy atom. The number of likely N-dealkylation sites (tertiary alicyclic amines) is 1. The van der Waals surface area contributed by atoms with Gasteiger partial charge in [-0.05, 0) is 35.6 Å². The Labute approximate surface area is 160 Å². The topological polar surface area (TPSA) is 49.0 Å². The third-order valence-electron chi connectivity index (χ3n) is 5.92. The average molecular weight is 361 g/mol. The molecule has 3 aromatic rings. The van der Waals surface area contributed by atoms with Crippen LogP contribution in [0.25, 0.3) is 21.9 Å². The molecule has 4 rings (SSSR count). The standard InChI is InChI=1S/C23H27N3O/c1-3-16(2)23(27)26-13-7-10-18(15-26)22-21(14-24-25-22)20-12-6-9-17-8-4-5-11-19(17)20/h4-6,8-9,11-12,14,16,18H,3,7,10,13,15H2,1-2H3,(H,24,25)/t16-,18-/m1/s1. The Kier molecular flexibility index (Phi) is 4.97. The van der Waals surface area contributed by atoms with Gasteiger partial charge in [0.1, 0.15) is 0 Å². The molecule has 4 heteroatoms. The van der Waals surface area contributed by atoms with Gasteiger partial charge >= 0.3 is 0 Å². The highest BCUT2D eigenvalue weighted by molar-refractivity contribution is 5.97. The molecule has 140 valence electrons. The molecule has 0 bridgehead atoms. The van der Waals surface area contributed by atoms with Crippen molar-refractivity contribution < 1.29 is 4.79 Å². The summed E-state index contributed by atoms with van der Waals surface area (Å²) in [4.78, 5) is 14.7. The minimum absolute atomic E-state index is 0.100. The minimum atomic E-state index is 0.100.